The van der Waals surface area contributed by atoms with Gasteiger partial charge in [0, 0.05) is 18.4 Å². The minimum atomic E-state index is 0.0661. The predicted octanol–water partition coefficient (Wildman–Crippen LogP) is 2.08. The Kier molecular flexibility index (Phi) is 3.38. The van der Waals surface area contributed by atoms with Crippen LogP contribution in [0.3, 0.4) is 0 Å². The highest BCUT2D eigenvalue weighted by molar-refractivity contribution is 5.56. The molecular weight excluding hydrogens is 240 g/mol. The van der Waals surface area contributed by atoms with E-state index in [1.54, 1.807) is 10.7 Å². The number of nitrogens with zero attached hydrogens (tertiary/aromatic N) is 3. The Balaban J connectivity index is 1.87. The van der Waals surface area contributed by atoms with Crippen molar-refractivity contribution >= 4 is 5.52 Å². The highest BCUT2D eigenvalue weighted by Crippen LogP contribution is 2.24. The van der Waals surface area contributed by atoms with E-state index < -0.39 is 0 Å². The van der Waals surface area contributed by atoms with Gasteiger partial charge in [-0.05, 0) is 32.3 Å². The predicted molar refractivity (Wildman–Crippen MR) is 73.2 cm³/mol. The Labute approximate surface area is 112 Å². The fourth-order valence-corrected chi connectivity index (χ4v) is 2.70. The van der Waals surface area contributed by atoms with Crippen molar-refractivity contribution < 1.29 is 4.74 Å². The van der Waals surface area contributed by atoms with Gasteiger partial charge in [-0.3, -0.25) is 0 Å². The van der Waals surface area contributed by atoms with Crippen LogP contribution in [-0.4, -0.2) is 26.7 Å². The second-order valence-electron chi connectivity index (χ2n) is 5.31. The standard InChI is InChI=1S/C14H20N4O/c1-10-9-12-14(16-7-8-18(12)17-10)19-13-6-4-2-3-5-11(13)15/h7-9,11,13H,2-6,15H2,1H3. The van der Waals surface area contributed by atoms with Crippen LogP contribution in [0.1, 0.15) is 37.8 Å². The van der Waals surface area contributed by atoms with E-state index in [0.717, 1.165) is 24.1 Å². The second-order valence-corrected chi connectivity index (χ2v) is 5.31. The third kappa shape index (κ3) is 2.56. The summed E-state index contributed by atoms with van der Waals surface area (Å²) in [6, 6.07) is 2.10. The molecule has 1 aliphatic carbocycles. The van der Waals surface area contributed by atoms with Crippen LogP contribution in [0, 0.1) is 6.92 Å². The minimum Gasteiger partial charge on any atom is -0.471 e. The molecular formula is C14H20N4O. The van der Waals surface area contributed by atoms with Gasteiger partial charge in [-0.1, -0.05) is 12.8 Å². The van der Waals surface area contributed by atoms with Crippen LogP contribution < -0.4 is 10.5 Å². The number of rotatable bonds is 2. The number of aromatic nitrogens is 3. The van der Waals surface area contributed by atoms with Crippen molar-refractivity contribution in [2.75, 3.05) is 0 Å². The molecule has 1 fully saturated rings. The summed E-state index contributed by atoms with van der Waals surface area (Å²) in [6.45, 7) is 1.97. The van der Waals surface area contributed by atoms with Crippen molar-refractivity contribution in [3.8, 4) is 5.88 Å². The van der Waals surface area contributed by atoms with E-state index in [9.17, 15) is 0 Å². The number of fused-ring (bicyclic) bond motifs is 1. The van der Waals surface area contributed by atoms with Gasteiger partial charge in [0.25, 0.3) is 0 Å². The summed E-state index contributed by atoms with van der Waals surface area (Å²) in [4.78, 5) is 4.34. The number of hydrogen-bond acceptors (Lipinski definition) is 4. The molecule has 0 bridgehead atoms. The van der Waals surface area contributed by atoms with Gasteiger partial charge in [0.15, 0.2) is 0 Å². The summed E-state index contributed by atoms with van der Waals surface area (Å²) in [5.74, 6) is 0.644. The maximum Gasteiger partial charge on any atom is 0.240 e. The molecule has 102 valence electrons. The Morgan fingerprint density at radius 1 is 1.32 bits per heavy atom. The summed E-state index contributed by atoms with van der Waals surface area (Å²) in [6.07, 6.45) is 9.29. The first-order valence-electron chi connectivity index (χ1n) is 6.97. The lowest BCUT2D eigenvalue weighted by Crippen LogP contribution is -2.38. The Hall–Kier alpha value is -1.62. The van der Waals surface area contributed by atoms with E-state index in [2.05, 4.69) is 10.1 Å². The van der Waals surface area contributed by atoms with Crippen LogP contribution in [0.25, 0.3) is 5.52 Å². The number of ether oxygens (including phenoxy) is 1. The topological polar surface area (TPSA) is 65.4 Å². The van der Waals surface area contributed by atoms with E-state index in [-0.39, 0.29) is 12.1 Å². The molecule has 0 spiro atoms. The molecule has 0 aromatic carbocycles. The molecule has 2 N–H and O–H groups in total. The third-order valence-corrected chi connectivity index (χ3v) is 3.74. The smallest absolute Gasteiger partial charge is 0.240 e. The van der Waals surface area contributed by atoms with Crippen LogP contribution in [-0.2, 0) is 0 Å². The quantitative estimate of drug-likeness (QED) is 0.840. The van der Waals surface area contributed by atoms with Crippen molar-refractivity contribution in [3.63, 3.8) is 0 Å². The maximum atomic E-state index is 6.20. The van der Waals surface area contributed by atoms with Gasteiger partial charge in [-0.15, -0.1) is 0 Å². The van der Waals surface area contributed by atoms with Crippen molar-refractivity contribution in [2.24, 2.45) is 5.73 Å². The Morgan fingerprint density at radius 3 is 3.05 bits per heavy atom. The Morgan fingerprint density at radius 2 is 2.16 bits per heavy atom. The van der Waals surface area contributed by atoms with E-state index in [4.69, 9.17) is 10.5 Å². The molecule has 3 rings (SSSR count). The van der Waals surface area contributed by atoms with Crippen LogP contribution in [0.2, 0.25) is 0 Å². The molecule has 5 heteroatoms. The SMILES string of the molecule is Cc1cc2c(OC3CCCCCC3N)nccn2n1. The molecule has 2 unspecified atom stereocenters. The molecule has 2 heterocycles. The van der Waals surface area contributed by atoms with E-state index in [0.29, 0.717) is 5.88 Å². The van der Waals surface area contributed by atoms with Gasteiger partial charge in [-0.2, -0.15) is 5.10 Å². The van der Waals surface area contributed by atoms with Gasteiger partial charge in [0.2, 0.25) is 5.88 Å². The molecule has 0 amide bonds. The first-order chi connectivity index (χ1) is 9.24. The van der Waals surface area contributed by atoms with Crippen molar-refractivity contribution in [2.45, 2.75) is 51.2 Å². The number of aryl methyl sites for hydroxylation is 1. The third-order valence-electron chi connectivity index (χ3n) is 3.74. The van der Waals surface area contributed by atoms with Crippen LogP contribution in [0.4, 0.5) is 0 Å². The average molecular weight is 260 g/mol. The highest BCUT2D eigenvalue weighted by Gasteiger charge is 2.23. The lowest BCUT2D eigenvalue weighted by Gasteiger charge is -2.22. The average Bonchev–Trinajstić information content (AvgIpc) is 2.66. The van der Waals surface area contributed by atoms with Gasteiger partial charge in [0.05, 0.1) is 5.69 Å². The first-order valence-corrected chi connectivity index (χ1v) is 6.97. The van der Waals surface area contributed by atoms with Crippen LogP contribution in [0.15, 0.2) is 18.5 Å². The summed E-state index contributed by atoms with van der Waals surface area (Å²) < 4.78 is 7.88. The van der Waals surface area contributed by atoms with Gasteiger partial charge in [0.1, 0.15) is 11.6 Å². The monoisotopic (exact) mass is 260 g/mol. The number of hydrogen-bond donors (Lipinski definition) is 1. The maximum absolute atomic E-state index is 6.20. The molecule has 0 saturated heterocycles. The zero-order valence-electron chi connectivity index (χ0n) is 11.2. The molecule has 2 aromatic rings. The zero-order chi connectivity index (χ0) is 13.2. The minimum absolute atomic E-state index is 0.0661. The van der Waals surface area contributed by atoms with Gasteiger partial charge >= 0.3 is 0 Å². The molecule has 5 nitrogen and oxygen atoms in total. The van der Waals surface area contributed by atoms with Crippen molar-refractivity contribution in [1.29, 1.82) is 0 Å². The fraction of sp³-hybridized carbons (Fsp3) is 0.571. The Bertz CT molecular complexity index is 566. The van der Waals surface area contributed by atoms with Gasteiger partial charge in [-0.25, -0.2) is 9.50 Å². The second kappa shape index (κ2) is 5.17. The van der Waals surface area contributed by atoms with Crippen LogP contribution >= 0.6 is 0 Å². The lowest BCUT2D eigenvalue weighted by atomic mass is 10.1. The van der Waals surface area contributed by atoms with E-state index >= 15 is 0 Å². The van der Waals surface area contributed by atoms with Crippen molar-refractivity contribution in [3.05, 3.63) is 24.2 Å². The summed E-state index contributed by atoms with van der Waals surface area (Å²) in [7, 11) is 0. The highest BCUT2D eigenvalue weighted by atomic mass is 16.5. The first kappa shape index (κ1) is 12.4. The summed E-state index contributed by atoms with van der Waals surface area (Å²) >= 11 is 0. The summed E-state index contributed by atoms with van der Waals surface area (Å²) in [5, 5.41) is 4.37. The van der Waals surface area contributed by atoms with E-state index in [1.807, 2.05) is 19.2 Å². The normalized spacial score (nSPS) is 24.3. The molecule has 0 aliphatic heterocycles. The largest absolute Gasteiger partial charge is 0.471 e. The van der Waals surface area contributed by atoms with Crippen LogP contribution in [0.5, 0.6) is 5.88 Å². The summed E-state index contributed by atoms with van der Waals surface area (Å²) in [5.41, 5.74) is 8.08. The van der Waals surface area contributed by atoms with E-state index in [1.165, 1.54) is 19.3 Å². The van der Waals surface area contributed by atoms with Gasteiger partial charge < -0.3 is 10.5 Å². The molecule has 19 heavy (non-hydrogen) atoms. The zero-order valence-corrected chi connectivity index (χ0v) is 11.2. The molecule has 1 saturated carbocycles. The molecule has 0 radical (unpaired) electrons. The lowest BCUT2D eigenvalue weighted by molar-refractivity contribution is 0.157. The fourth-order valence-electron chi connectivity index (χ4n) is 2.70. The molecule has 2 atom stereocenters. The number of nitrogens with two attached hydrogens (primary N) is 1. The molecule has 2 aromatic heterocycles. The molecule has 1 aliphatic rings. The van der Waals surface area contributed by atoms with Crippen molar-refractivity contribution in [1.82, 2.24) is 14.6 Å².